The zero-order valence-electron chi connectivity index (χ0n) is 17.8. The molecule has 1 atom stereocenters. The minimum atomic E-state index is -0.339. The number of likely N-dealkylation sites (tertiary alicyclic amines) is 1. The molecule has 164 valence electrons. The lowest BCUT2D eigenvalue weighted by atomic mass is 9.94. The molecule has 3 aromatic rings. The van der Waals surface area contributed by atoms with E-state index in [1.807, 2.05) is 18.7 Å². The second-order valence-corrected chi connectivity index (χ2v) is 8.13. The van der Waals surface area contributed by atoms with E-state index in [1.54, 1.807) is 16.8 Å². The molecule has 0 spiro atoms. The number of aromatic nitrogens is 5. The number of amides is 1. The number of H-pyrrole nitrogens is 1. The Morgan fingerprint density at radius 1 is 1.26 bits per heavy atom. The van der Waals surface area contributed by atoms with Crippen LogP contribution in [0, 0.1) is 11.7 Å². The Morgan fingerprint density at radius 2 is 2.00 bits per heavy atom. The highest BCUT2D eigenvalue weighted by atomic mass is 19.1. The fourth-order valence-corrected chi connectivity index (χ4v) is 4.24. The molecule has 8 nitrogen and oxygen atoms in total. The summed E-state index contributed by atoms with van der Waals surface area (Å²) in [7, 11) is 0. The van der Waals surface area contributed by atoms with E-state index in [1.165, 1.54) is 12.1 Å². The second kappa shape index (κ2) is 8.95. The number of hydrogen-bond acceptors (Lipinski definition) is 5. The van der Waals surface area contributed by atoms with Crippen LogP contribution in [0.15, 0.2) is 29.1 Å². The molecule has 9 heteroatoms. The van der Waals surface area contributed by atoms with Gasteiger partial charge in [-0.1, -0.05) is 31.2 Å². The highest BCUT2D eigenvalue weighted by Crippen LogP contribution is 2.26. The van der Waals surface area contributed by atoms with E-state index in [4.69, 9.17) is 0 Å². The van der Waals surface area contributed by atoms with Crippen molar-refractivity contribution < 1.29 is 9.18 Å². The molecule has 1 amide bonds. The van der Waals surface area contributed by atoms with Crippen LogP contribution in [-0.2, 0) is 11.3 Å². The molecule has 0 bridgehead atoms. The van der Waals surface area contributed by atoms with Crippen molar-refractivity contribution in [3.05, 3.63) is 51.8 Å². The molecular weight excluding hydrogens is 399 g/mol. The second-order valence-electron chi connectivity index (χ2n) is 8.13. The van der Waals surface area contributed by atoms with Gasteiger partial charge in [0.1, 0.15) is 11.6 Å². The van der Waals surface area contributed by atoms with Gasteiger partial charge >= 0.3 is 0 Å². The van der Waals surface area contributed by atoms with Gasteiger partial charge in [0.05, 0.1) is 6.54 Å². The monoisotopic (exact) mass is 426 g/mol. The standard InChI is InChI=1S/C22H27FN6O2/c1-3-15(4-2)22(31)28-11-5-6-16(13-28)19-24-20-18(21(30)25-19)26-27-29(20)12-14-7-9-17(23)10-8-14/h7-10,15-16H,3-6,11-13H2,1-2H3,(H,24,25,30)/t16-/m1/s1. The summed E-state index contributed by atoms with van der Waals surface area (Å²) in [6.45, 7) is 5.69. The van der Waals surface area contributed by atoms with Crippen LogP contribution >= 0.6 is 0 Å². The molecule has 31 heavy (non-hydrogen) atoms. The van der Waals surface area contributed by atoms with Crippen molar-refractivity contribution in [1.82, 2.24) is 29.9 Å². The third-order valence-electron chi connectivity index (χ3n) is 6.09. The Kier molecular flexibility index (Phi) is 6.11. The van der Waals surface area contributed by atoms with Crippen LogP contribution < -0.4 is 5.56 Å². The summed E-state index contributed by atoms with van der Waals surface area (Å²) < 4.78 is 14.7. The Balaban J connectivity index is 1.61. The zero-order valence-corrected chi connectivity index (χ0v) is 17.8. The van der Waals surface area contributed by atoms with E-state index >= 15 is 0 Å². The summed E-state index contributed by atoms with van der Waals surface area (Å²) in [5, 5.41) is 8.05. The van der Waals surface area contributed by atoms with Gasteiger partial charge in [0.15, 0.2) is 11.2 Å². The average Bonchev–Trinajstić information content (AvgIpc) is 3.19. The van der Waals surface area contributed by atoms with E-state index in [0.717, 1.165) is 37.8 Å². The van der Waals surface area contributed by atoms with Gasteiger partial charge in [-0.2, -0.15) is 0 Å². The van der Waals surface area contributed by atoms with Gasteiger partial charge in [-0.05, 0) is 43.4 Å². The summed E-state index contributed by atoms with van der Waals surface area (Å²) in [6.07, 6.45) is 3.36. The zero-order chi connectivity index (χ0) is 22.0. The highest BCUT2D eigenvalue weighted by molar-refractivity contribution is 5.79. The SMILES string of the molecule is CCC(CC)C(=O)N1CCC[C@@H](c2nc3c(nnn3Cc3ccc(F)cc3)c(=O)[nH]2)C1. The molecular formula is C22H27FN6O2. The van der Waals surface area contributed by atoms with Gasteiger partial charge < -0.3 is 9.88 Å². The van der Waals surface area contributed by atoms with Gasteiger partial charge in [0.2, 0.25) is 5.91 Å². The van der Waals surface area contributed by atoms with Gasteiger partial charge in [-0.25, -0.2) is 14.1 Å². The maximum Gasteiger partial charge on any atom is 0.281 e. The first-order chi connectivity index (χ1) is 15.0. The lowest BCUT2D eigenvalue weighted by molar-refractivity contribution is -0.137. The number of piperidine rings is 1. The Bertz CT molecular complexity index is 1120. The number of hydrogen-bond donors (Lipinski definition) is 1. The topological polar surface area (TPSA) is 96.8 Å². The molecule has 1 aliphatic rings. The number of benzene rings is 1. The predicted octanol–water partition coefficient (Wildman–Crippen LogP) is 2.84. The summed E-state index contributed by atoms with van der Waals surface area (Å²) in [4.78, 5) is 34.9. The third kappa shape index (κ3) is 4.35. The van der Waals surface area contributed by atoms with E-state index in [-0.39, 0.29) is 34.6 Å². The number of nitrogens with one attached hydrogen (secondary N) is 1. The number of carbonyl (C=O) groups is 1. The molecule has 0 unspecified atom stereocenters. The van der Waals surface area contributed by atoms with E-state index in [2.05, 4.69) is 20.3 Å². The van der Waals surface area contributed by atoms with Crippen molar-refractivity contribution in [1.29, 1.82) is 0 Å². The quantitative estimate of drug-likeness (QED) is 0.654. The smallest absolute Gasteiger partial charge is 0.281 e. The number of nitrogens with zero attached hydrogens (tertiary/aromatic N) is 5. The fraction of sp³-hybridized carbons (Fsp3) is 0.500. The summed E-state index contributed by atoms with van der Waals surface area (Å²) >= 11 is 0. The molecule has 3 heterocycles. The molecule has 1 N–H and O–H groups in total. The van der Waals surface area contributed by atoms with Crippen molar-refractivity contribution >= 4 is 17.1 Å². The Morgan fingerprint density at radius 3 is 2.71 bits per heavy atom. The molecule has 4 rings (SSSR count). The first kappa shape index (κ1) is 21.1. The first-order valence-corrected chi connectivity index (χ1v) is 10.9. The molecule has 2 aromatic heterocycles. The van der Waals surface area contributed by atoms with Gasteiger partial charge in [0.25, 0.3) is 5.56 Å². The van der Waals surface area contributed by atoms with Crippen LogP contribution in [0.25, 0.3) is 11.2 Å². The number of carbonyl (C=O) groups excluding carboxylic acids is 1. The van der Waals surface area contributed by atoms with Crippen LogP contribution in [0.3, 0.4) is 0 Å². The summed E-state index contributed by atoms with van der Waals surface area (Å²) in [5.41, 5.74) is 1.06. The number of halogens is 1. The minimum absolute atomic E-state index is 0.0366. The van der Waals surface area contributed by atoms with Gasteiger partial charge in [0, 0.05) is 24.9 Å². The first-order valence-electron chi connectivity index (χ1n) is 10.9. The molecule has 1 fully saturated rings. The maximum atomic E-state index is 13.2. The summed E-state index contributed by atoms with van der Waals surface area (Å²) in [6, 6.07) is 6.10. The minimum Gasteiger partial charge on any atom is -0.342 e. The molecule has 1 aliphatic heterocycles. The lowest BCUT2D eigenvalue weighted by Crippen LogP contribution is -2.42. The van der Waals surface area contributed by atoms with Gasteiger partial charge in [-0.15, -0.1) is 5.10 Å². The largest absolute Gasteiger partial charge is 0.342 e. The van der Waals surface area contributed by atoms with E-state index in [9.17, 15) is 14.0 Å². The van der Waals surface area contributed by atoms with Crippen molar-refractivity contribution in [3.8, 4) is 0 Å². The van der Waals surface area contributed by atoms with Crippen LogP contribution in [0.4, 0.5) is 4.39 Å². The van der Waals surface area contributed by atoms with Crippen molar-refractivity contribution in [2.24, 2.45) is 5.92 Å². The fourth-order valence-electron chi connectivity index (χ4n) is 4.24. The van der Waals surface area contributed by atoms with Crippen molar-refractivity contribution in [2.75, 3.05) is 13.1 Å². The highest BCUT2D eigenvalue weighted by Gasteiger charge is 2.29. The van der Waals surface area contributed by atoms with Crippen LogP contribution in [-0.4, -0.2) is 48.9 Å². The van der Waals surface area contributed by atoms with E-state index < -0.39 is 0 Å². The molecule has 1 aromatic carbocycles. The van der Waals surface area contributed by atoms with Crippen molar-refractivity contribution in [3.63, 3.8) is 0 Å². The predicted molar refractivity (Wildman–Crippen MR) is 114 cm³/mol. The lowest BCUT2D eigenvalue weighted by Gasteiger charge is -2.34. The Labute approximate surface area is 179 Å². The number of rotatable bonds is 6. The van der Waals surface area contributed by atoms with Crippen LogP contribution in [0.5, 0.6) is 0 Å². The molecule has 0 radical (unpaired) electrons. The van der Waals surface area contributed by atoms with Crippen molar-refractivity contribution in [2.45, 2.75) is 52.0 Å². The third-order valence-corrected chi connectivity index (χ3v) is 6.09. The van der Waals surface area contributed by atoms with Crippen LogP contribution in [0.2, 0.25) is 0 Å². The van der Waals surface area contributed by atoms with Crippen LogP contribution in [0.1, 0.15) is 56.8 Å². The maximum absolute atomic E-state index is 13.2. The molecule has 0 saturated carbocycles. The van der Waals surface area contributed by atoms with Gasteiger partial charge in [-0.3, -0.25) is 9.59 Å². The molecule has 0 aliphatic carbocycles. The van der Waals surface area contributed by atoms with E-state index in [0.29, 0.717) is 24.6 Å². The average molecular weight is 426 g/mol. The summed E-state index contributed by atoms with van der Waals surface area (Å²) in [5.74, 6) is 0.421. The molecule has 1 saturated heterocycles. The number of aromatic amines is 1. The normalized spacial score (nSPS) is 16.9. The number of fused-ring (bicyclic) bond motifs is 1. The Hall–Kier alpha value is -3.10.